The maximum Gasteiger partial charge on any atom is 0.253 e. The van der Waals surface area contributed by atoms with Crippen LogP contribution in [0.25, 0.3) is 0 Å². The third kappa shape index (κ3) is 4.13. The Hall–Kier alpha value is -2.82. The smallest absolute Gasteiger partial charge is 0.253 e. The van der Waals surface area contributed by atoms with Crippen LogP contribution in [0.5, 0.6) is 5.75 Å². The van der Waals surface area contributed by atoms with Gasteiger partial charge < -0.3 is 14.5 Å². The summed E-state index contributed by atoms with van der Waals surface area (Å²) >= 11 is 0. The molecule has 5 rings (SSSR count). The van der Waals surface area contributed by atoms with Crippen molar-refractivity contribution in [3.8, 4) is 5.75 Å². The number of fused-ring (bicyclic) bond motifs is 1. The van der Waals surface area contributed by atoms with Crippen LogP contribution in [0.15, 0.2) is 48.5 Å². The minimum atomic E-state index is -0.297. The van der Waals surface area contributed by atoms with Gasteiger partial charge in [0, 0.05) is 56.9 Å². The Morgan fingerprint density at radius 3 is 2.34 bits per heavy atom. The quantitative estimate of drug-likeness (QED) is 0.715. The lowest BCUT2D eigenvalue weighted by Crippen LogP contribution is -2.52. The zero-order chi connectivity index (χ0) is 22.1. The molecule has 5 nitrogen and oxygen atoms in total. The van der Waals surface area contributed by atoms with Crippen LogP contribution in [0.3, 0.4) is 0 Å². The first-order valence-corrected chi connectivity index (χ1v) is 11.9. The van der Waals surface area contributed by atoms with Crippen LogP contribution < -0.4 is 4.74 Å². The number of likely N-dealkylation sites (tertiary alicyclic amines) is 2. The summed E-state index contributed by atoms with van der Waals surface area (Å²) in [7, 11) is 0. The molecule has 2 saturated heterocycles. The molecule has 0 radical (unpaired) electrons. The highest BCUT2D eigenvalue weighted by molar-refractivity contribution is 5.94. The molecule has 1 atom stereocenters. The summed E-state index contributed by atoms with van der Waals surface area (Å²) in [4.78, 5) is 29.9. The standard InChI is InChI=1S/C27H32N2O3/c1-20-8-10-21(11-9-20)26(31)29-16-12-27(13-17-29)19-22(18-25(30)28-14-4-5-15-28)23-6-2-3-7-24(23)32-27/h2-3,6-11,22H,4-5,12-19H2,1H3/t22-/m0/s1. The van der Waals surface area contributed by atoms with Gasteiger partial charge in [0.15, 0.2) is 0 Å². The van der Waals surface area contributed by atoms with E-state index >= 15 is 0 Å². The zero-order valence-corrected chi connectivity index (χ0v) is 18.9. The van der Waals surface area contributed by atoms with Gasteiger partial charge in [0.1, 0.15) is 11.4 Å². The average Bonchev–Trinajstić information content (AvgIpc) is 3.35. The fourth-order valence-electron chi connectivity index (χ4n) is 5.54. The molecule has 2 aromatic rings. The van der Waals surface area contributed by atoms with Gasteiger partial charge in [0.25, 0.3) is 5.91 Å². The highest BCUT2D eigenvalue weighted by Crippen LogP contribution is 2.46. The molecule has 0 unspecified atom stereocenters. The largest absolute Gasteiger partial charge is 0.487 e. The van der Waals surface area contributed by atoms with Gasteiger partial charge in [-0.2, -0.15) is 0 Å². The number of benzene rings is 2. The van der Waals surface area contributed by atoms with E-state index in [0.29, 0.717) is 19.5 Å². The maximum atomic E-state index is 13.0. The summed E-state index contributed by atoms with van der Waals surface area (Å²) in [6.45, 7) is 5.18. The van der Waals surface area contributed by atoms with Crippen molar-refractivity contribution in [1.82, 2.24) is 9.80 Å². The van der Waals surface area contributed by atoms with Gasteiger partial charge in [0.05, 0.1) is 0 Å². The number of aryl methyl sites for hydroxylation is 1. The molecule has 0 saturated carbocycles. The van der Waals surface area contributed by atoms with Gasteiger partial charge in [-0.3, -0.25) is 9.59 Å². The fourth-order valence-corrected chi connectivity index (χ4v) is 5.54. The molecule has 0 aliphatic carbocycles. The molecule has 3 heterocycles. The highest BCUT2D eigenvalue weighted by Gasteiger charge is 2.44. The van der Waals surface area contributed by atoms with Crippen molar-refractivity contribution in [3.63, 3.8) is 0 Å². The van der Waals surface area contributed by atoms with Crippen molar-refractivity contribution in [2.75, 3.05) is 26.2 Å². The molecule has 2 aromatic carbocycles. The second-order valence-electron chi connectivity index (χ2n) is 9.67. The Morgan fingerprint density at radius 1 is 0.938 bits per heavy atom. The second-order valence-corrected chi connectivity index (χ2v) is 9.67. The number of rotatable bonds is 3. The van der Waals surface area contributed by atoms with Crippen LogP contribution in [0.1, 0.15) is 65.9 Å². The lowest BCUT2D eigenvalue weighted by atomic mass is 9.76. The molecule has 0 bridgehead atoms. The van der Waals surface area contributed by atoms with E-state index in [4.69, 9.17) is 4.74 Å². The fraction of sp³-hybridized carbons (Fsp3) is 0.481. The summed E-state index contributed by atoms with van der Waals surface area (Å²) in [5.74, 6) is 1.45. The van der Waals surface area contributed by atoms with Crippen LogP contribution in [-0.4, -0.2) is 53.4 Å². The zero-order valence-electron chi connectivity index (χ0n) is 18.9. The molecule has 5 heteroatoms. The summed E-state index contributed by atoms with van der Waals surface area (Å²) < 4.78 is 6.58. The van der Waals surface area contributed by atoms with E-state index in [-0.39, 0.29) is 23.3 Å². The van der Waals surface area contributed by atoms with E-state index in [0.717, 1.165) is 67.6 Å². The first kappa shape index (κ1) is 21.0. The number of carbonyl (C=O) groups excluding carboxylic acids is 2. The van der Waals surface area contributed by atoms with Crippen molar-refractivity contribution < 1.29 is 14.3 Å². The number of hydrogen-bond acceptors (Lipinski definition) is 3. The monoisotopic (exact) mass is 432 g/mol. The van der Waals surface area contributed by atoms with Gasteiger partial charge in [-0.05, 0) is 49.9 Å². The molecule has 1 spiro atoms. The summed E-state index contributed by atoms with van der Waals surface area (Å²) in [6, 6.07) is 16.0. The molecule has 0 aromatic heterocycles. The molecular weight excluding hydrogens is 400 g/mol. The molecule has 2 fully saturated rings. The predicted molar refractivity (Wildman–Crippen MR) is 124 cm³/mol. The Labute approximate surface area is 190 Å². The molecule has 168 valence electrons. The number of amides is 2. The summed E-state index contributed by atoms with van der Waals surface area (Å²) in [5.41, 5.74) is 2.76. The number of hydrogen-bond donors (Lipinski definition) is 0. The van der Waals surface area contributed by atoms with Crippen molar-refractivity contribution >= 4 is 11.8 Å². The van der Waals surface area contributed by atoms with Crippen molar-refractivity contribution in [3.05, 3.63) is 65.2 Å². The SMILES string of the molecule is Cc1ccc(C(=O)N2CCC3(CC2)C[C@H](CC(=O)N2CCCC2)c2ccccc2O3)cc1. The van der Waals surface area contributed by atoms with E-state index < -0.39 is 0 Å². The predicted octanol–water partition coefficient (Wildman–Crippen LogP) is 4.55. The van der Waals surface area contributed by atoms with Gasteiger partial charge in [-0.15, -0.1) is 0 Å². The van der Waals surface area contributed by atoms with E-state index in [1.54, 1.807) is 0 Å². The van der Waals surface area contributed by atoms with Crippen LogP contribution in [0.2, 0.25) is 0 Å². The first-order chi connectivity index (χ1) is 15.5. The van der Waals surface area contributed by atoms with Crippen LogP contribution >= 0.6 is 0 Å². The topological polar surface area (TPSA) is 49.9 Å². The van der Waals surface area contributed by atoms with Crippen LogP contribution in [-0.2, 0) is 4.79 Å². The molecule has 3 aliphatic heterocycles. The van der Waals surface area contributed by atoms with Gasteiger partial charge >= 0.3 is 0 Å². The second kappa shape index (κ2) is 8.61. The molecule has 2 amide bonds. The minimum Gasteiger partial charge on any atom is -0.487 e. The van der Waals surface area contributed by atoms with E-state index in [2.05, 4.69) is 6.07 Å². The van der Waals surface area contributed by atoms with E-state index in [9.17, 15) is 9.59 Å². The van der Waals surface area contributed by atoms with E-state index in [1.165, 1.54) is 0 Å². The molecule has 3 aliphatic rings. The van der Waals surface area contributed by atoms with E-state index in [1.807, 2.05) is 59.2 Å². The third-order valence-corrected chi connectivity index (χ3v) is 7.44. The van der Waals surface area contributed by atoms with Crippen LogP contribution in [0, 0.1) is 6.92 Å². The molecule has 0 N–H and O–H groups in total. The first-order valence-electron chi connectivity index (χ1n) is 11.9. The maximum absolute atomic E-state index is 13.0. The highest BCUT2D eigenvalue weighted by atomic mass is 16.5. The Balaban J connectivity index is 1.30. The number of para-hydroxylation sites is 1. The molecular formula is C27H32N2O3. The van der Waals surface area contributed by atoms with Crippen LogP contribution in [0.4, 0.5) is 0 Å². The number of piperidine rings is 1. The lowest BCUT2D eigenvalue weighted by molar-refractivity contribution is -0.131. The number of ether oxygens (including phenoxy) is 1. The number of carbonyl (C=O) groups is 2. The average molecular weight is 433 g/mol. The Kier molecular flexibility index (Phi) is 5.66. The van der Waals surface area contributed by atoms with Crippen molar-refractivity contribution in [2.45, 2.75) is 57.0 Å². The normalized spacial score (nSPS) is 21.8. The molecule has 32 heavy (non-hydrogen) atoms. The Bertz CT molecular complexity index is 986. The summed E-state index contributed by atoms with van der Waals surface area (Å²) in [5, 5.41) is 0. The van der Waals surface area contributed by atoms with Gasteiger partial charge in [0.2, 0.25) is 5.91 Å². The Morgan fingerprint density at radius 2 is 1.62 bits per heavy atom. The lowest BCUT2D eigenvalue weighted by Gasteiger charge is -2.47. The number of nitrogens with zero attached hydrogens (tertiary/aromatic N) is 2. The van der Waals surface area contributed by atoms with Gasteiger partial charge in [-0.1, -0.05) is 35.9 Å². The third-order valence-electron chi connectivity index (χ3n) is 7.44. The minimum absolute atomic E-state index is 0.0943. The summed E-state index contributed by atoms with van der Waals surface area (Å²) in [6.07, 6.45) is 5.22. The van der Waals surface area contributed by atoms with Crippen molar-refractivity contribution in [1.29, 1.82) is 0 Å². The van der Waals surface area contributed by atoms with Gasteiger partial charge in [-0.25, -0.2) is 0 Å². The van der Waals surface area contributed by atoms with Crippen molar-refractivity contribution in [2.24, 2.45) is 0 Å².